The van der Waals surface area contributed by atoms with Gasteiger partial charge in [-0.05, 0) is 24.8 Å². The number of carbonyl (C=O) groups excluding carboxylic acids is 2. The maximum Gasteiger partial charge on any atom is 0.233 e. The first kappa shape index (κ1) is 18.3. The summed E-state index contributed by atoms with van der Waals surface area (Å²) in [4.78, 5) is 25.1. The molecule has 0 aliphatic heterocycles. The van der Waals surface area contributed by atoms with Gasteiger partial charge in [0.05, 0.1) is 5.92 Å². The van der Waals surface area contributed by atoms with Crippen molar-refractivity contribution in [1.29, 1.82) is 0 Å². The van der Waals surface area contributed by atoms with Crippen LogP contribution in [0.25, 0.3) is 0 Å². The fraction of sp³-hybridized carbons (Fsp3) is 0.158. The molecule has 1 heterocycles. The molecule has 0 aliphatic carbocycles. The first-order valence-electron chi connectivity index (χ1n) is 7.96. The third-order valence-electron chi connectivity index (χ3n) is 3.89. The molecule has 0 aliphatic rings. The number of nitrogens with zero attached hydrogens (tertiary/aromatic N) is 2. The van der Waals surface area contributed by atoms with E-state index in [-0.39, 0.29) is 11.7 Å². The Morgan fingerprint density at radius 3 is 2.46 bits per heavy atom. The second-order valence-electron chi connectivity index (χ2n) is 5.61. The first-order valence-corrected chi connectivity index (χ1v) is 10.0. The van der Waals surface area contributed by atoms with Crippen LogP contribution in [0, 0.1) is 0 Å². The molecule has 0 saturated heterocycles. The van der Waals surface area contributed by atoms with E-state index in [9.17, 15) is 9.59 Å². The lowest BCUT2D eigenvalue weighted by Crippen LogP contribution is -2.19. The van der Waals surface area contributed by atoms with Crippen molar-refractivity contribution in [3.63, 3.8) is 0 Å². The number of thioether (sulfide) groups is 1. The number of rotatable bonds is 6. The Bertz CT molecular complexity index is 925. The number of hydrogen-bond acceptors (Lipinski definition) is 6. The van der Waals surface area contributed by atoms with Crippen LogP contribution in [-0.4, -0.2) is 28.1 Å². The minimum atomic E-state index is -0.417. The van der Waals surface area contributed by atoms with Gasteiger partial charge < -0.3 is 0 Å². The highest BCUT2D eigenvalue weighted by Gasteiger charge is 2.19. The van der Waals surface area contributed by atoms with Crippen molar-refractivity contribution in [2.24, 2.45) is 0 Å². The lowest BCUT2D eigenvalue weighted by Gasteiger charge is -2.12. The van der Waals surface area contributed by atoms with E-state index in [1.54, 1.807) is 37.3 Å². The number of hydrogen-bond donors (Lipinski definition) is 1. The predicted molar refractivity (Wildman–Crippen MR) is 105 cm³/mol. The maximum absolute atomic E-state index is 12.6. The summed E-state index contributed by atoms with van der Waals surface area (Å²) < 4.78 is 0.795. The molecule has 0 radical (unpaired) electrons. The van der Waals surface area contributed by atoms with Crippen molar-refractivity contribution in [2.75, 3.05) is 11.6 Å². The largest absolute Gasteiger partial charge is 0.300 e. The van der Waals surface area contributed by atoms with Crippen LogP contribution < -0.4 is 5.32 Å². The number of amides is 1. The number of carbonyl (C=O) groups is 2. The van der Waals surface area contributed by atoms with Crippen LogP contribution in [-0.2, 0) is 4.79 Å². The zero-order valence-corrected chi connectivity index (χ0v) is 15.9. The monoisotopic (exact) mass is 383 g/mol. The summed E-state index contributed by atoms with van der Waals surface area (Å²) in [6, 6.07) is 16.3. The van der Waals surface area contributed by atoms with Gasteiger partial charge in [-0.1, -0.05) is 71.6 Å². The van der Waals surface area contributed by atoms with E-state index in [1.807, 2.05) is 30.5 Å². The summed E-state index contributed by atoms with van der Waals surface area (Å²) in [7, 11) is 0. The average molecular weight is 383 g/mol. The van der Waals surface area contributed by atoms with E-state index in [4.69, 9.17) is 0 Å². The van der Waals surface area contributed by atoms with Gasteiger partial charge in [0, 0.05) is 11.1 Å². The molecule has 7 heteroatoms. The standard InChI is InChI=1S/C19H17N3O2S2/c1-12(17(24)20-18-21-22-19(25-2)26-18)14-9-6-10-15(11-14)16(23)13-7-4-3-5-8-13/h3-12H,1-2H3,(H,20,21,24)/t12-/m1/s1. The Hall–Kier alpha value is -2.51. The minimum Gasteiger partial charge on any atom is -0.300 e. The van der Waals surface area contributed by atoms with E-state index in [2.05, 4.69) is 15.5 Å². The summed E-state index contributed by atoms with van der Waals surface area (Å²) in [6.45, 7) is 1.80. The lowest BCUT2D eigenvalue weighted by atomic mass is 9.95. The molecule has 26 heavy (non-hydrogen) atoms. The number of aromatic nitrogens is 2. The molecule has 1 amide bonds. The van der Waals surface area contributed by atoms with E-state index in [0.717, 1.165) is 9.90 Å². The fourth-order valence-corrected chi connectivity index (χ4v) is 3.59. The van der Waals surface area contributed by atoms with Crippen molar-refractivity contribution < 1.29 is 9.59 Å². The molecule has 1 aromatic heterocycles. The zero-order chi connectivity index (χ0) is 18.5. The molecule has 0 spiro atoms. The van der Waals surface area contributed by atoms with Gasteiger partial charge in [0.2, 0.25) is 11.0 Å². The summed E-state index contributed by atoms with van der Waals surface area (Å²) in [5.74, 6) is -0.660. The predicted octanol–water partition coefficient (Wildman–Crippen LogP) is 4.23. The van der Waals surface area contributed by atoms with Crippen molar-refractivity contribution in [2.45, 2.75) is 17.2 Å². The summed E-state index contributed by atoms with van der Waals surface area (Å²) in [6.07, 6.45) is 1.91. The van der Waals surface area contributed by atoms with Crippen molar-refractivity contribution >= 4 is 39.9 Å². The SMILES string of the molecule is CSc1nnc(NC(=O)[C@H](C)c2cccc(C(=O)c3ccccc3)c2)s1. The molecule has 2 aromatic carbocycles. The summed E-state index contributed by atoms with van der Waals surface area (Å²) >= 11 is 2.81. The highest BCUT2D eigenvalue weighted by Crippen LogP contribution is 2.25. The van der Waals surface area contributed by atoms with Crippen molar-refractivity contribution in [1.82, 2.24) is 10.2 Å². The van der Waals surface area contributed by atoms with Crippen LogP contribution in [0.5, 0.6) is 0 Å². The van der Waals surface area contributed by atoms with Gasteiger partial charge in [0.1, 0.15) is 0 Å². The van der Waals surface area contributed by atoms with Gasteiger partial charge in [-0.3, -0.25) is 14.9 Å². The molecule has 1 atom stereocenters. The highest BCUT2D eigenvalue weighted by molar-refractivity contribution is 8.00. The summed E-state index contributed by atoms with van der Waals surface area (Å²) in [5, 5.41) is 11.2. The Morgan fingerprint density at radius 1 is 1.04 bits per heavy atom. The molecule has 3 rings (SSSR count). The molecular weight excluding hydrogens is 366 g/mol. The van der Waals surface area contributed by atoms with Crippen molar-refractivity contribution in [3.05, 3.63) is 71.3 Å². The molecule has 1 N–H and O–H groups in total. The third kappa shape index (κ3) is 4.17. The molecule has 132 valence electrons. The van der Waals surface area contributed by atoms with Gasteiger partial charge >= 0.3 is 0 Å². The number of nitrogens with one attached hydrogen (secondary N) is 1. The number of ketones is 1. The summed E-state index contributed by atoms with van der Waals surface area (Å²) in [5.41, 5.74) is 1.97. The second-order valence-corrected chi connectivity index (χ2v) is 7.64. The maximum atomic E-state index is 12.6. The van der Waals surface area contributed by atoms with Crippen molar-refractivity contribution in [3.8, 4) is 0 Å². The molecule has 0 unspecified atom stereocenters. The van der Waals surface area contributed by atoms with Crippen LogP contribution in [0.15, 0.2) is 58.9 Å². The molecule has 0 fully saturated rings. The number of benzene rings is 2. The van der Waals surface area contributed by atoms with Crippen LogP contribution in [0.3, 0.4) is 0 Å². The topological polar surface area (TPSA) is 72.0 Å². The molecule has 0 saturated carbocycles. The first-order chi connectivity index (χ1) is 12.6. The normalized spacial score (nSPS) is 11.8. The Balaban J connectivity index is 1.76. The number of anilines is 1. The quantitative estimate of drug-likeness (QED) is 0.392. The zero-order valence-electron chi connectivity index (χ0n) is 14.3. The van der Waals surface area contributed by atoms with Gasteiger partial charge in [-0.15, -0.1) is 10.2 Å². The third-order valence-corrected chi connectivity index (χ3v) is 5.70. The van der Waals surface area contributed by atoms with Crippen LogP contribution in [0.2, 0.25) is 0 Å². The fourth-order valence-electron chi connectivity index (χ4n) is 2.41. The average Bonchev–Trinajstić information content (AvgIpc) is 3.15. The van der Waals surface area contributed by atoms with E-state index in [0.29, 0.717) is 16.3 Å². The van der Waals surface area contributed by atoms with Gasteiger partial charge in [0.15, 0.2) is 10.1 Å². The van der Waals surface area contributed by atoms with E-state index < -0.39 is 5.92 Å². The molecular formula is C19H17N3O2S2. The van der Waals surface area contributed by atoms with E-state index >= 15 is 0 Å². The minimum absolute atomic E-state index is 0.0613. The Labute approximate surface area is 159 Å². The lowest BCUT2D eigenvalue weighted by molar-refractivity contribution is -0.117. The Morgan fingerprint density at radius 2 is 1.77 bits per heavy atom. The molecule has 3 aromatic rings. The molecule has 5 nitrogen and oxygen atoms in total. The smallest absolute Gasteiger partial charge is 0.233 e. The second kappa shape index (κ2) is 8.25. The van der Waals surface area contributed by atoms with Gasteiger partial charge in [-0.25, -0.2) is 0 Å². The van der Waals surface area contributed by atoms with Crippen LogP contribution in [0.4, 0.5) is 5.13 Å². The van der Waals surface area contributed by atoms with Crippen LogP contribution >= 0.6 is 23.1 Å². The van der Waals surface area contributed by atoms with Crippen LogP contribution in [0.1, 0.15) is 34.3 Å². The van der Waals surface area contributed by atoms with Gasteiger partial charge in [0.25, 0.3) is 0 Å². The highest BCUT2D eigenvalue weighted by atomic mass is 32.2. The Kier molecular flexibility index (Phi) is 5.80. The molecule has 0 bridgehead atoms. The van der Waals surface area contributed by atoms with E-state index in [1.165, 1.54) is 23.1 Å². The van der Waals surface area contributed by atoms with Gasteiger partial charge in [-0.2, -0.15) is 0 Å².